The minimum absolute atomic E-state index is 0.551. The SMILES string of the molecule is CCc1nc2cc(N)ccc2n1C1CCN(C)CC1C. The van der Waals surface area contributed by atoms with Gasteiger partial charge in [-0.1, -0.05) is 13.8 Å². The highest BCUT2D eigenvalue weighted by molar-refractivity contribution is 5.79. The third-order valence-corrected chi connectivity index (χ3v) is 4.50. The maximum atomic E-state index is 5.89. The summed E-state index contributed by atoms with van der Waals surface area (Å²) in [5.74, 6) is 1.83. The van der Waals surface area contributed by atoms with Crippen molar-refractivity contribution in [3.05, 3.63) is 24.0 Å². The van der Waals surface area contributed by atoms with Gasteiger partial charge in [-0.2, -0.15) is 0 Å². The molecule has 0 bridgehead atoms. The monoisotopic (exact) mass is 272 g/mol. The fraction of sp³-hybridized carbons (Fsp3) is 0.562. The number of fused-ring (bicyclic) bond motifs is 1. The molecule has 0 amide bonds. The van der Waals surface area contributed by atoms with E-state index in [1.807, 2.05) is 12.1 Å². The van der Waals surface area contributed by atoms with Gasteiger partial charge in [0.15, 0.2) is 0 Å². The Morgan fingerprint density at radius 1 is 1.40 bits per heavy atom. The minimum Gasteiger partial charge on any atom is -0.399 e. The molecule has 2 N–H and O–H groups in total. The number of nitrogens with zero attached hydrogens (tertiary/aromatic N) is 3. The zero-order valence-electron chi connectivity index (χ0n) is 12.6. The topological polar surface area (TPSA) is 47.1 Å². The normalized spacial score (nSPS) is 24.4. The van der Waals surface area contributed by atoms with Gasteiger partial charge in [0.1, 0.15) is 5.82 Å². The average molecular weight is 272 g/mol. The lowest BCUT2D eigenvalue weighted by atomic mass is 9.93. The Bertz CT molecular complexity index is 616. The molecular formula is C16H24N4. The second kappa shape index (κ2) is 5.09. The minimum atomic E-state index is 0.551. The third kappa shape index (κ3) is 2.18. The summed E-state index contributed by atoms with van der Waals surface area (Å²) in [6.07, 6.45) is 2.16. The van der Waals surface area contributed by atoms with Gasteiger partial charge in [0.2, 0.25) is 0 Å². The molecule has 2 unspecified atom stereocenters. The van der Waals surface area contributed by atoms with Gasteiger partial charge in [0.05, 0.1) is 11.0 Å². The molecule has 1 saturated heterocycles. The Morgan fingerprint density at radius 2 is 2.20 bits per heavy atom. The molecule has 1 aliphatic rings. The highest BCUT2D eigenvalue weighted by Gasteiger charge is 2.28. The van der Waals surface area contributed by atoms with Gasteiger partial charge in [0.25, 0.3) is 0 Å². The molecule has 3 rings (SSSR count). The Labute approximate surface area is 120 Å². The summed E-state index contributed by atoms with van der Waals surface area (Å²) in [6, 6.07) is 6.65. The van der Waals surface area contributed by atoms with E-state index in [1.54, 1.807) is 0 Å². The van der Waals surface area contributed by atoms with Crippen molar-refractivity contribution in [1.82, 2.24) is 14.5 Å². The van der Waals surface area contributed by atoms with E-state index in [0.29, 0.717) is 12.0 Å². The number of imidazole rings is 1. The summed E-state index contributed by atoms with van der Waals surface area (Å²) in [7, 11) is 2.21. The first-order valence-corrected chi connectivity index (χ1v) is 7.55. The van der Waals surface area contributed by atoms with Crippen molar-refractivity contribution in [3.8, 4) is 0 Å². The first kappa shape index (κ1) is 13.4. The summed E-state index contributed by atoms with van der Waals surface area (Å²) in [5, 5.41) is 0. The molecular weight excluding hydrogens is 248 g/mol. The van der Waals surface area contributed by atoms with Crippen LogP contribution in [-0.2, 0) is 6.42 Å². The molecule has 20 heavy (non-hydrogen) atoms. The zero-order valence-corrected chi connectivity index (χ0v) is 12.6. The third-order valence-electron chi connectivity index (χ3n) is 4.50. The second-order valence-electron chi connectivity index (χ2n) is 6.10. The van der Waals surface area contributed by atoms with Gasteiger partial charge in [-0.3, -0.25) is 0 Å². The largest absolute Gasteiger partial charge is 0.399 e. The van der Waals surface area contributed by atoms with Gasteiger partial charge in [0, 0.05) is 24.7 Å². The first-order valence-electron chi connectivity index (χ1n) is 7.55. The van der Waals surface area contributed by atoms with Crippen LogP contribution in [0.4, 0.5) is 5.69 Å². The van der Waals surface area contributed by atoms with Crippen LogP contribution in [0.15, 0.2) is 18.2 Å². The molecule has 4 nitrogen and oxygen atoms in total. The number of likely N-dealkylation sites (tertiary alicyclic amines) is 1. The van der Waals surface area contributed by atoms with E-state index in [2.05, 4.69) is 36.4 Å². The van der Waals surface area contributed by atoms with Crippen LogP contribution < -0.4 is 5.73 Å². The van der Waals surface area contributed by atoms with E-state index < -0.39 is 0 Å². The lowest BCUT2D eigenvalue weighted by Crippen LogP contribution is -2.38. The van der Waals surface area contributed by atoms with E-state index in [-0.39, 0.29) is 0 Å². The van der Waals surface area contributed by atoms with Crippen LogP contribution in [0.5, 0.6) is 0 Å². The van der Waals surface area contributed by atoms with Crippen LogP contribution in [0.3, 0.4) is 0 Å². The van der Waals surface area contributed by atoms with Crippen LogP contribution in [0.2, 0.25) is 0 Å². The van der Waals surface area contributed by atoms with Gasteiger partial charge < -0.3 is 15.2 Å². The smallest absolute Gasteiger partial charge is 0.109 e. The molecule has 0 saturated carbocycles. The number of nitrogen functional groups attached to an aromatic ring is 1. The highest BCUT2D eigenvalue weighted by atomic mass is 15.2. The maximum absolute atomic E-state index is 5.89. The van der Waals surface area contributed by atoms with Crippen LogP contribution in [0.25, 0.3) is 11.0 Å². The predicted octanol–water partition coefficient (Wildman–Crippen LogP) is 2.69. The molecule has 1 aliphatic heterocycles. The molecule has 1 fully saturated rings. The molecule has 4 heteroatoms. The van der Waals surface area contributed by atoms with Gasteiger partial charge >= 0.3 is 0 Å². The number of rotatable bonds is 2. The van der Waals surface area contributed by atoms with Gasteiger partial charge in [-0.05, 0) is 44.1 Å². The van der Waals surface area contributed by atoms with Gasteiger partial charge in [-0.15, -0.1) is 0 Å². The van der Waals surface area contributed by atoms with Crippen molar-refractivity contribution in [2.75, 3.05) is 25.9 Å². The molecule has 2 aromatic rings. The fourth-order valence-electron chi connectivity index (χ4n) is 3.51. The predicted molar refractivity (Wildman–Crippen MR) is 83.8 cm³/mol. The lowest BCUT2D eigenvalue weighted by Gasteiger charge is -2.36. The number of nitrogens with two attached hydrogens (primary N) is 1. The maximum Gasteiger partial charge on any atom is 0.109 e. The van der Waals surface area contributed by atoms with Crippen molar-refractivity contribution < 1.29 is 0 Å². The number of aryl methyl sites for hydroxylation is 1. The van der Waals surface area contributed by atoms with Crippen molar-refractivity contribution in [1.29, 1.82) is 0 Å². The van der Waals surface area contributed by atoms with Crippen molar-refractivity contribution in [2.24, 2.45) is 5.92 Å². The van der Waals surface area contributed by atoms with Crippen molar-refractivity contribution in [2.45, 2.75) is 32.7 Å². The Morgan fingerprint density at radius 3 is 2.90 bits per heavy atom. The molecule has 2 atom stereocenters. The zero-order chi connectivity index (χ0) is 14.3. The molecule has 2 heterocycles. The fourth-order valence-corrected chi connectivity index (χ4v) is 3.51. The molecule has 0 spiro atoms. The molecule has 0 radical (unpaired) electrons. The molecule has 0 aliphatic carbocycles. The second-order valence-corrected chi connectivity index (χ2v) is 6.10. The van der Waals surface area contributed by atoms with Crippen LogP contribution in [-0.4, -0.2) is 34.6 Å². The summed E-state index contributed by atoms with van der Waals surface area (Å²) in [5.41, 5.74) is 8.95. The molecule has 108 valence electrons. The first-order chi connectivity index (χ1) is 9.60. The summed E-state index contributed by atoms with van der Waals surface area (Å²) < 4.78 is 2.46. The highest BCUT2D eigenvalue weighted by Crippen LogP contribution is 2.32. The van der Waals surface area contributed by atoms with E-state index in [4.69, 9.17) is 10.7 Å². The number of benzene rings is 1. The van der Waals surface area contributed by atoms with Crippen molar-refractivity contribution >= 4 is 16.7 Å². The Balaban J connectivity index is 2.09. The number of aromatic nitrogens is 2. The lowest BCUT2D eigenvalue weighted by molar-refractivity contribution is 0.159. The summed E-state index contributed by atoms with van der Waals surface area (Å²) in [6.45, 7) is 6.85. The number of piperidine rings is 1. The van der Waals surface area contributed by atoms with E-state index in [1.165, 1.54) is 17.8 Å². The van der Waals surface area contributed by atoms with E-state index in [0.717, 1.165) is 30.7 Å². The quantitative estimate of drug-likeness (QED) is 0.855. The van der Waals surface area contributed by atoms with Gasteiger partial charge in [-0.25, -0.2) is 4.98 Å². The average Bonchev–Trinajstić information content (AvgIpc) is 2.76. The summed E-state index contributed by atoms with van der Waals surface area (Å²) in [4.78, 5) is 7.21. The van der Waals surface area contributed by atoms with Crippen LogP contribution in [0.1, 0.15) is 32.1 Å². The number of hydrogen-bond acceptors (Lipinski definition) is 3. The van der Waals surface area contributed by atoms with Crippen LogP contribution >= 0.6 is 0 Å². The standard InChI is InChI=1S/C16H24N4/c1-4-16-18-13-9-12(17)5-6-15(13)20(16)14-7-8-19(3)10-11(14)2/h5-6,9,11,14H,4,7-8,10,17H2,1-3H3. The van der Waals surface area contributed by atoms with E-state index in [9.17, 15) is 0 Å². The number of hydrogen-bond donors (Lipinski definition) is 1. The molecule has 1 aromatic carbocycles. The molecule has 1 aromatic heterocycles. The Kier molecular flexibility index (Phi) is 3.42. The summed E-state index contributed by atoms with van der Waals surface area (Å²) >= 11 is 0. The van der Waals surface area contributed by atoms with Crippen LogP contribution in [0, 0.1) is 5.92 Å². The van der Waals surface area contributed by atoms with Crippen molar-refractivity contribution in [3.63, 3.8) is 0 Å². The Hall–Kier alpha value is -1.55. The number of anilines is 1. The van der Waals surface area contributed by atoms with E-state index >= 15 is 0 Å².